The Morgan fingerprint density at radius 3 is 2.72 bits per heavy atom. The highest BCUT2D eigenvalue weighted by Gasteiger charge is 2.32. The number of ether oxygens (including phenoxy) is 2. The molecular formula is C16H22N2O6S. The third-order valence-corrected chi connectivity index (χ3v) is 5.06. The van der Waals surface area contributed by atoms with Gasteiger partial charge in [0.25, 0.3) is 5.91 Å². The number of nitrogens with zero attached hydrogens (tertiary/aromatic N) is 1. The van der Waals surface area contributed by atoms with Gasteiger partial charge in [-0.2, -0.15) is 0 Å². The van der Waals surface area contributed by atoms with E-state index < -0.39 is 21.9 Å². The van der Waals surface area contributed by atoms with E-state index in [4.69, 9.17) is 9.47 Å². The minimum atomic E-state index is -3.38. The van der Waals surface area contributed by atoms with Crippen molar-refractivity contribution < 1.29 is 27.5 Å². The predicted octanol–water partition coefficient (Wildman–Crippen LogP) is 0.317. The van der Waals surface area contributed by atoms with E-state index in [0.29, 0.717) is 25.3 Å². The summed E-state index contributed by atoms with van der Waals surface area (Å²) in [6.45, 7) is 2.14. The molecule has 1 amide bonds. The number of hydrogen-bond donors (Lipinski definition) is 1. The zero-order valence-electron chi connectivity index (χ0n) is 14.4. The van der Waals surface area contributed by atoms with Crippen LogP contribution in [-0.2, 0) is 30.7 Å². The van der Waals surface area contributed by atoms with Gasteiger partial charge in [0, 0.05) is 19.7 Å². The van der Waals surface area contributed by atoms with Crippen LogP contribution in [0.15, 0.2) is 18.2 Å². The summed E-state index contributed by atoms with van der Waals surface area (Å²) < 4.78 is 34.9. The molecule has 138 valence electrons. The largest absolute Gasteiger partial charge is 0.452 e. The number of anilines is 1. The second-order valence-electron chi connectivity index (χ2n) is 5.87. The third-order valence-electron chi connectivity index (χ3n) is 3.79. The lowest BCUT2D eigenvalue weighted by molar-refractivity contribution is -0.124. The summed E-state index contributed by atoms with van der Waals surface area (Å²) in [5.74, 6) is -1.04. The molecule has 1 aromatic carbocycles. The number of sulfonamides is 1. The molecular weight excluding hydrogens is 348 g/mol. The summed E-state index contributed by atoms with van der Waals surface area (Å²) in [5.41, 5.74) is 1.62. The van der Waals surface area contributed by atoms with Crippen molar-refractivity contribution in [1.82, 2.24) is 5.32 Å². The van der Waals surface area contributed by atoms with Crippen LogP contribution in [0.3, 0.4) is 0 Å². The molecule has 1 heterocycles. The van der Waals surface area contributed by atoms with Crippen molar-refractivity contribution in [1.29, 1.82) is 0 Å². The minimum Gasteiger partial charge on any atom is -0.452 e. The molecule has 0 radical (unpaired) electrons. The first kappa shape index (κ1) is 19.2. The van der Waals surface area contributed by atoms with Crippen molar-refractivity contribution in [3.63, 3.8) is 0 Å². The second kappa shape index (κ2) is 7.83. The number of rotatable bonds is 7. The van der Waals surface area contributed by atoms with Crippen LogP contribution in [0.4, 0.5) is 5.69 Å². The van der Waals surface area contributed by atoms with Gasteiger partial charge in [-0.05, 0) is 37.1 Å². The Hall–Kier alpha value is -2.13. The summed E-state index contributed by atoms with van der Waals surface area (Å²) in [5, 5.41) is 2.55. The Morgan fingerprint density at radius 1 is 1.36 bits per heavy atom. The van der Waals surface area contributed by atoms with E-state index in [1.54, 1.807) is 12.1 Å². The van der Waals surface area contributed by atoms with Crippen LogP contribution in [0, 0.1) is 0 Å². The molecule has 1 aliphatic rings. The number of methoxy groups -OCH3 is 1. The Labute approximate surface area is 147 Å². The van der Waals surface area contributed by atoms with Crippen LogP contribution < -0.4 is 9.62 Å². The minimum absolute atomic E-state index is 0.206. The van der Waals surface area contributed by atoms with Crippen molar-refractivity contribution in [3.8, 4) is 0 Å². The first-order chi connectivity index (χ1) is 11.7. The van der Waals surface area contributed by atoms with Crippen LogP contribution in [0.25, 0.3) is 0 Å². The predicted molar refractivity (Wildman–Crippen MR) is 92.1 cm³/mol. The molecule has 0 unspecified atom stereocenters. The molecule has 2 rings (SSSR count). The van der Waals surface area contributed by atoms with Crippen LogP contribution in [-0.4, -0.2) is 59.5 Å². The highest BCUT2D eigenvalue weighted by molar-refractivity contribution is 7.92. The maximum Gasteiger partial charge on any atom is 0.338 e. The average Bonchev–Trinajstić information content (AvgIpc) is 2.87. The fourth-order valence-corrected chi connectivity index (χ4v) is 4.06. The van der Waals surface area contributed by atoms with Crippen molar-refractivity contribution in [2.45, 2.75) is 19.4 Å². The van der Waals surface area contributed by atoms with Gasteiger partial charge < -0.3 is 14.8 Å². The zero-order chi connectivity index (χ0) is 18.6. The first-order valence-electron chi connectivity index (χ1n) is 7.79. The standard InChI is InChI=1S/C16H22N2O6S/c1-11-8-13-9-12(4-5-14(13)18(11)25(3,21)22)16(20)24-10-15(19)17-6-7-23-2/h4-5,9,11H,6-8,10H2,1-3H3,(H,17,19)/t11-/m1/s1. The summed E-state index contributed by atoms with van der Waals surface area (Å²) in [6.07, 6.45) is 1.67. The third kappa shape index (κ3) is 4.70. The Morgan fingerprint density at radius 2 is 2.08 bits per heavy atom. The number of amides is 1. The Bertz CT molecular complexity index is 762. The number of esters is 1. The highest BCUT2D eigenvalue weighted by Crippen LogP contribution is 2.34. The van der Waals surface area contributed by atoms with Gasteiger partial charge in [-0.1, -0.05) is 0 Å². The lowest BCUT2D eigenvalue weighted by Crippen LogP contribution is -2.34. The summed E-state index contributed by atoms with van der Waals surface area (Å²) in [7, 11) is -1.86. The van der Waals surface area contributed by atoms with E-state index in [-0.39, 0.29) is 18.2 Å². The zero-order valence-corrected chi connectivity index (χ0v) is 15.3. The lowest BCUT2D eigenvalue weighted by Gasteiger charge is -2.21. The maximum absolute atomic E-state index is 12.1. The van der Waals surface area contributed by atoms with Crippen LogP contribution in [0.2, 0.25) is 0 Å². The van der Waals surface area contributed by atoms with E-state index in [9.17, 15) is 18.0 Å². The van der Waals surface area contributed by atoms with Crippen molar-refractivity contribution in [2.24, 2.45) is 0 Å². The average molecular weight is 370 g/mol. The molecule has 0 bridgehead atoms. The quantitative estimate of drug-likeness (QED) is 0.548. The van der Waals surface area contributed by atoms with Crippen LogP contribution in [0.5, 0.6) is 0 Å². The highest BCUT2D eigenvalue weighted by atomic mass is 32.2. The molecule has 0 aliphatic carbocycles. The molecule has 0 aromatic heterocycles. The normalized spacial score (nSPS) is 16.4. The number of benzene rings is 1. The monoisotopic (exact) mass is 370 g/mol. The summed E-state index contributed by atoms with van der Waals surface area (Å²) in [4.78, 5) is 23.6. The Kier molecular flexibility index (Phi) is 6.02. The molecule has 1 aliphatic heterocycles. The van der Waals surface area contributed by atoms with Crippen molar-refractivity contribution in [3.05, 3.63) is 29.3 Å². The van der Waals surface area contributed by atoms with Gasteiger partial charge in [0.15, 0.2) is 6.61 Å². The van der Waals surface area contributed by atoms with Gasteiger partial charge in [0.2, 0.25) is 10.0 Å². The van der Waals surface area contributed by atoms with Crippen LogP contribution >= 0.6 is 0 Å². The second-order valence-corrected chi connectivity index (χ2v) is 7.73. The van der Waals surface area contributed by atoms with E-state index in [1.807, 2.05) is 6.92 Å². The number of fused-ring (bicyclic) bond motifs is 1. The van der Waals surface area contributed by atoms with E-state index >= 15 is 0 Å². The molecule has 0 spiro atoms. The maximum atomic E-state index is 12.1. The molecule has 1 aromatic rings. The fraction of sp³-hybridized carbons (Fsp3) is 0.500. The summed E-state index contributed by atoms with van der Waals surface area (Å²) in [6, 6.07) is 4.50. The van der Waals surface area contributed by atoms with Gasteiger partial charge in [-0.15, -0.1) is 0 Å². The van der Waals surface area contributed by atoms with E-state index in [0.717, 1.165) is 11.8 Å². The van der Waals surface area contributed by atoms with Gasteiger partial charge in [-0.25, -0.2) is 13.2 Å². The topological polar surface area (TPSA) is 102 Å². The molecule has 25 heavy (non-hydrogen) atoms. The Balaban J connectivity index is 2.02. The molecule has 0 saturated heterocycles. The number of carbonyl (C=O) groups excluding carboxylic acids is 2. The molecule has 0 saturated carbocycles. The van der Waals surface area contributed by atoms with Crippen LogP contribution in [0.1, 0.15) is 22.8 Å². The molecule has 9 heteroatoms. The van der Waals surface area contributed by atoms with Gasteiger partial charge in [-0.3, -0.25) is 9.10 Å². The number of carbonyl (C=O) groups is 2. The summed E-state index contributed by atoms with van der Waals surface area (Å²) >= 11 is 0. The SMILES string of the molecule is COCCNC(=O)COC(=O)c1ccc2c(c1)C[C@@H](C)N2S(C)(=O)=O. The van der Waals surface area contributed by atoms with Crippen molar-refractivity contribution >= 4 is 27.6 Å². The fourth-order valence-electron chi connectivity index (χ4n) is 2.79. The number of hydrogen-bond acceptors (Lipinski definition) is 6. The molecule has 8 nitrogen and oxygen atoms in total. The van der Waals surface area contributed by atoms with E-state index in [1.165, 1.54) is 17.5 Å². The molecule has 1 atom stereocenters. The van der Waals surface area contributed by atoms with Crippen molar-refractivity contribution in [2.75, 3.05) is 37.4 Å². The number of nitrogens with one attached hydrogen (secondary N) is 1. The first-order valence-corrected chi connectivity index (χ1v) is 9.64. The smallest absolute Gasteiger partial charge is 0.338 e. The van der Waals surface area contributed by atoms with E-state index in [2.05, 4.69) is 5.32 Å². The molecule has 1 N–H and O–H groups in total. The lowest BCUT2D eigenvalue weighted by atomic mass is 10.1. The van der Waals surface area contributed by atoms with Gasteiger partial charge in [0.1, 0.15) is 0 Å². The molecule has 0 fully saturated rings. The van der Waals surface area contributed by atoms with Gasteiger partial charge in [0.05, 0.1) is 24.1 Å². The van der Waals surface area contributed by atoms with Gasteiger partial charge >= 0.3 is 5.97 Å².